The lowest BCUT2D eigenvalue weighted by Crippen LogP contribution is -2.39. The standard InChI is InChI=1S/C13H18BrNO3/c1-13(2,5-6-16)15-8-10-4-3-9(12(17)18)7-11(10)14/h3-4,7,15-16H,5-6,8H2,1-2H3,(H,17,18). The van der Waals surface area contributed by atoms with Crippen LogP contribution in [0, 0.1) is 0 Å². The number of halogens is 1. The van der Waals surface area contributed by atoms with Gasteiger partial charge in [-0.25, -0.2) is 4.79 Å². The maximum Gasteiger partial charge on any atom is 0.335 e. The van der Waals surface area contributed by atoms with E-state index in [1.165, 1.54) is 0 Å². The Morgan fingerprint density at radius 1 is 1.44 bits per heavy atom. The van der Waals surface area contributed by atoms with Crippen LogP contribution in [0.5, 0.6) is 0 Å². The molecule has 0 unspecified atom stereocenters. The van der Waals surface area contributed by atoms with Gasteiger partial charge in [0.15, 0.2) is 0 Å². The largest absolute Gasteiger partial charge is 0.478 e. The van der Waals surface area contributed by atoms with Crippen LogP contribution in [0.1, 0.15) is 36.2 Å². The first-order valence-corrected chi connectivity index (χ1v) is 6.52. The van der Waals surface area contributed by atoms with E-state index in [9.17, 15) is 4.79 Å². The highest BCUT2D eigenvalue weighted by Gasteiger charge is 2.16. The lowest BCUT2D eigenvalue weighted by Gasteiger charge is -2.25. The fraction of sp³-hybridized carbons (Fsp3) is 0.462. The molecule has 3 N–H and O–H groups in total. The molecular formula is C13H18BrNO3. The van der Waals surface area contributed by atoms with Crippen LogP contribution in [-0.4, -0.2) is 28.3 Å². The molecule has 0 aliphatic heterocycles. The topological polar surface area (TPSA) is 69.6 Å². The summed E-state index contributed by atoms with van der Waals surface area (Å²) < 4.78 is 0.773. The third-order valence-electron chi connectivity index (χ3n) is 2.79. The van der Waals surface area contributed by atoms with Gasteiger partial charge in [0.2, 0.25) is 0 Å². The highest BCUT2D eigenvalue weighted by molar-refractivity contribution is 9.10. The van der Waals surface area contributed by atoms with Crippen LogP contribution >= 0.6 is 15.9 Å². The van der Waals surface area contributed by atoms with Gasteiger partial charge in [-0.3, -0.25) is 0 Å². The second kappa shape index (κ2) is 6.31. The van der Waals surface area contributed by atoms with Gasteiger partial charge < -0.3 is 15.5 Å². The number of carbonyl (C=O) groups is 1. The molecule has 0 amide bonds. The Labute approximate surface area is 115 Å². The molecule has 1 aromatic rings. The summed E-state index contributed by atoms with van der Waals surface area (Å²) in [5.41, 5.74) is 1.10. The Kier molecular flexibility index (Phi) is 5.31. The number of benzene rings is 1. The number of aliphatic hydroxyl groups is 1. The first-order valence-electron chi connectivity index (χ1n) is 5.73. The number of rotatable bonds is 6. The monoisotopic (exact) mass is 315 g/mol. The van der Waals surface area contributed by atoms with Crippen molar-refractivity contribution in [2.24, 2.45) is 0 Å². The Hall–Kier alpha value is -0.910. The molecule has 0 aliphatic carbocycles. The summed E-state index contributed by atoms with van der Waals surface area (Å²) in [4.78, 5) is 10.8. The Morgan fingerprint density at radius 3 is 2.61 bits per heavy atom. The van der Waals surface area contributed by atoms with Gasteiger partial charge in [0.25, 0.3) is 0 Å². The zero-order chi connectivity index (χ0) is 13.8. The number of nitrogens with one attached hydrogen (secondary N) is 1. The van der Waals surface area contributed by atoms with E-state index in [-0.39, 0.29) is 17.7 Å². The van der Waals surface area contributed by atoms with Crippen molar-refractivity contribution in [2.75, 3.05) is 6.61 Å². The van der Waals surface area contributed by atoms with Crippen LogP contribution in [0.15, 0.2) is 22.7 Å². The van der Waals surface area contributed by atoms with Gasteiger partial charge in [-0.05, 0) is 38.0 Å². The van der Waals surface area contributed by atoms with Crippen molar-refractivity contribution >= 4 is 21.9 Å². The fourth-order valence-corrected chi connectivity index (χ4v) is 2.05. The summed E-state index contributed by atoms with van der Waals surface area (Å²) in [6.07, 6.45) is 0.665. The molecule has 0 aromatic heterocycles. The summed E-state index contributed by atoms with van der Waals surface area (Å²) in [5, 5.41) is 21.1. The van der Waals surface area contributed by atoms with Gasteiger partial charge >= 0.3 is 5.97 Å². The molecule has 0 saturated carbocycles. The van der Waals surface area contributed by atoms with E-state index in [1.807, 2.05) is 13.8 Å². The van der Waals surface area contributed by atoms with E-state index in [0.29, 0.717) is 13.0 Å². The van der Waals surface area contributed by atoms with E-state index in [4.69, 9.17) is 10.2 Å². The maximum absolute atomic E-state index is 10.8. The second-order valence-electron chi connectivity index (χ2n) is 4.82. The van der Waals surface area contributed by atoms with Gasteiger partial charge in [-0.15, -0.1) is 0 Å². The van der Waals surface area contributed by atoms with Crippen molar-refractivity contribution in [3.63, 3.8) is 0 Å². The summed E-state index contributed by atoms with van der Waals surface area (Å²) in [6.45, 7) is 4.79. The summed E-state index contributed by atoms with van der Waals surface area (Å²) in [7, 11) is 0. The van der Waals surface area contributed by atoms with Crippen LogP contribution in [-0.2, 0) is 6.54 Å². The SMILES string of the molecule is CC(C)(CCO)NCc1ccc(C(=O)O)cc1Br. The molecule has 4 nitrogen and oxygen atoms in total. The van der Waals surface area contributed by atoms with Gasteiger partial charge in [0.1, 0.15) is 0 Å². The third kappa shape index (κ3) is 4.40. The van der Waals surface area contributed by atoms with E-state index in [1.54, 1.807) is 18.2 Å². The normalized spacial score (nSPS) is 11.6. The van der Waals surface area contributed by atoms with Gasteiger partial charge in [-0.1, -0.05) is 22.0 Å². The smallest absolute Gasteiger partial charge is 0.335 e. The van der Waals surface area contributed by atoms with E-state index in [2.05, 4.69) is 21.2 Å². The molecule has 0 spiro atoms. The van der Waals surface area contributed by atoms with Crippen LogP contribution in [0.2, 0.25) is 0 Å². The Bertz CT molecular complexity index is 432. The minimum atomic E-state index is -0.934. The summed E-state index contributed by atoms with van der Waals surface area (Å²) >= 11 is 3.37. The lowest BCUT2D eigenvalue weighted by molar-refractivity contribution is 0.0696. The summed E-state index contributed by atoms with van der Waals surface area (Å²) in [5.74, 6) is -0.934. The number of carboxylic acids is 1. The average Bonchev–Trinajstić information content (AvgIpc) is 2.27. The maximum atomic E-state index is 10.8. The molecule has 0 radical (unpaired) electrons. The summed E-state index contributed by atoms with van der Waals surface area (Å²) in [6, 6.07) is 4.97. The van der Waals surface area contributed by atoms with Crippen molar-refractivity contribution in [1.82, 2.24) is 5.32 Å². The molecular weight excluding hydrogens is 298 g/mol. The van der Waals surface area contributed by atoms with Gasteiger partial charge in [0, 0.05) is 23.2 Å². The van der Waals surface area contributed by atoms with E-state index >= 15 is 0 Å². The average molecular weight is 316 g/mol. The van der Waals surface area contributed by atoms with Crippen LogP contribution in [0.3, 0.4) is 0 Å². The van der Waals surface area contributed by atoms with Crippen LogP contribution < -0.4 is 5.32 Å². The molecule has 0 atom stereocenters. The van der Waals surface area contributed by atoms with E-state index < -0.39 is 5.97 Å². The zero-order valence-corrected chi connectivity index (χ0v) is 12.1. The highest BCUT2D eigenvalue weighted by atomic mass is 79.9. The molecule has 0 fully saturated rings. The Balaban J connectivity index is 2.71. The predicted octanol–water partition coefficient (Wildman–Crippen LogP) is 2.40. The quantitative estimate of drug-likeness (QED) is 0.754. The molecule has 5 heteroatoms. The molecule has 0 bridgehead atoms. The molecule has 0 heterocycles. The molecule has 1 aromatic carbocycles. The lowest BCUT2D eigenvalue weighted by atomic mass is 10.0. The van der Waals surface area contributed by atoms with Gasteiger partial charge in [0.05, 0.1) is 5.56 Å². The molecule has 18 heavy (non-hydrogen) atoms. The number of aromatic carboxylic acids is 1. The van der Waals surface area contributed by atoms with Gasteiger partial charge in [-0.2, -0.15) is 0 Å². The first-order chi connectivity index (χ1) is 8.35. The fourth-order valence-electron chi connectivity index (χ4n) is 1.53. The zero-order valence-electron chi connectivity index (χ0n) is 10.5. The minimum absolute atomic E-state index is 0.138. The number of hydrogen-bond donors (Lipinski definition) is 3. The van der Waals surface area contributed by atoms with Crippen LogP contribution in [0.4, 0.5) is 0 Å². The molecule has 100 valence electrons. The van der Waals surface area contributed by atoms with Crippen molar-refractivity contribution in [1.29, 1.82) is 0 Å². The highest BCUT2D eigenvalue weighted by Crippen LogP contribution is 2.20. The molecule has 1 rings (SSSR count). The number of carboxylic acid groups (broad SMARTS) is 1. The van der Waals surface area contributed by atoms with Crippen molar-refractivity contribution < 1.29 is 15.0 Å². The minimum Gasteiger partial charge on any atom is -0.478 e. The first kappa shape index (κ1) is 15.1. The van der Waals surface area contributed by atoms with Crippen molar-refractivity contribution in [3.05, 3.63) is 33.8 Å². The predicted molar refractivity (Wildman–Crippen MR) is 73.7 cm³/mol. The van der Waals surface area contributed by atoms with Crippen molar-refractivity contribution in [3.8, 4) is 0 Å². The number of hydrogen-bond acceptors (Lipinski definition) is 3. The van der Waals surface area contributed by atoms with Crippen LogP contribution in [0.25, 0.3) is 0 Å². The Morgan fingerprint density at radius 2 is 2.11 bits per heavy atom. The molecule has 0 aliphatic rings. The third-order valence-corrected chi connectivity index (χ3v) is 3.53. The second-order valence-corrected chi connectivity index (χ2v) is 5.68. The van der Waals surface area contributed by atoms with Crippen molar-refractivity contribution in [2.45, 2.75) is 32.4 Å². The van der Waals surface area contributed by atoms with E-state index in [0.717, 1.165) is 10.0 Å². The number of aliphatic hydroxyl groups excluding tert-OH is 1. The molecule has 0 saturated heterocycles.